The Morgan fingerprint density at radius 3 is 2.73 bits per heavy atom. The second-order valence-electron chi connectivity index (χ2n) is 5.25. The van der Waals surface area contributed by atoms with Crippen molar-refractivity contribution in [1.82, 2.24) is 9.78 Å². The molecule has 3 rings (SSSR count). The van der Waals surface area contributed by atoms with E-state index < -0.39 is 0 Å². The van der Waals surface area contributed by atoms with Gasteiger partial charge in [-0.15, -0.1) is 11.6 Å². The molecule has 0 atom stereocenters. The highest BCUT2D eigenvalue weighted by Gasteiger charge is 2.32. The Balaban J connectivity index is 2.28. The summed E-state index contributed by atoms with van der Waals surface area (Å²) in [6.07, 6.45) is 1.53. The normalized spacial score (nSPS) is 13.5. The second-order valence-corrected chi connectivity index (χ2v) is 5.52. The molecule has 0 saturated heterocycles. The van der Waals surface area contributed by atoms with E-state index in [1.165, 1.54) is 11.1 Å². The summed E-state index contributed by atoms with van der Waals surface area (Å²) < 4.78 is 1.60. The summed E-state index contributed by atoms with van der Waals surface area (Å²) in [4.78, 5) is 26.4. The quantitative estimate of drug-likeness (QED) is 0.866. The topological polar surface area (TPSA) is 67.2 Å². The first-order chi connectivity index (χ1) is 10.5. The third kappa shape index (κ3) is 2.16. The molecule has 0 saturated carbocycles. The van der Waals surface area contributed by atoms with Crippen LogP contribution in [0.25, 0.3) is 0 Å². The lowest BCUT2D eigenvalue weighted by molar-refractivity contribution is -0.115. The highest BCUT2D eigenvalue weighted by molar-refractivity contribution is 6.31. The maximum absolute atomic E-state index is 12.6. The third-order valence-electron chi connectivity index (χ3n) is 3.48. The van der Waals surface area contributed by atoms with Gasteiger partial charge in [0, 0.05) is 6.04 Å². The Kier molecular flexibility index (Phi) is 3.62. The molecular formula is C15H15ClN4O2. The summed E-state index contributed by atoms with van der Waals surface area (Å²) >= 11 is 5.75. The number of nitrogens with one attached hydrogen (secondary N) is 1. The van der Waals surface area contributed by atoms with Crippen molar-refractivity contribution in [2.24, 2.45) is 0 Å². The van der Waals surface area contributed by atoms with Crippen molar-refractivity contribution in [3.8, 4) is 0 Å². The molecular weight excluding hydrogens is 304 g/mol. The van der Waals surface area contributed by atoms with Gasteiger partial charge in [-0.1, -0.05) is 12.1 Å². The van der Waals surface area contributed by atoms with Crippen LogP contribution in [0.15, 0.2) is 30.5 Å². The molecule has 2 heterocycles. The molecule has 7 heteroatoms. The van der Waals surface area contributed by atoms with Crippen LogP contribution in [0.4, 0.5) is 17.1 Å². The summed E-state index contributed by atoms with van der Waals surface area (Å²) in [5.74, 6) is -0.789. The number of benzene rings is 1. The standard InChI is InChI=1S/C15H15ClN4O2/c1-9(2)20-14-12(8-17-20)19(13(21)7-16)11-6-4-3-5-10(11)18-15(14)22/h3-6,8-9H,7H2,1-2H3,(H,18,22). The lowest BCUT2D eigenvalue weighted by atomic mass is 10.2. The summed E-state index contributed by atoms with van der Waals surface area (Å²) in [7, 11) is 0. The molecule has 114 valence electrons. The van der Waals surface area contributed by atoms with Crippen LogP contribution in [0.1, 0.15) is 30.4 Å². The zero-order valence-corrected chi connectivity index (χ0v) is 13.0. The van der Waals surface area contributed by atoms with E-state index in [-0.39, 0.29) is 23.7 Å². The lowest BCUT2D eigenvalue weighted by Gasteiger charge is -2.21. The van der Waals surface area contributed by atoms with Gasteiger partial charge in [-0.05, 0) is 26.0 Å². The highest BCUT2D eigenvalue weighted by atomic mass is 35.5. The van der Waals surface area contributed by atoms with Gasteiger partial charge in [0.05, 0.1) is 17.6 Å². The number of rotatable bonds is 2. The number of halogens is 1. The number of carbonyl (C=O) groups is 2. The Bertz CT molecular complexity index is 754. The maximum atomic E-state index is 12.6. The van der Waals surface area contributed by atoms with E-state index in [0.717, 1.165) is 0 Å². The van der Waals surface area contributed by atoms with Crippen molar-refractivity contribution in [2.45, 2.75) is 19.9 Å². The summed E-state index contributed by atoms with van der Waals surface area (Å²) in [5.41, 5.74) is 1.95. The molecule has 1 N–H and O–H groups in total. The van der Waals surface area contributed by atoms with Crippen LogP contribution in [0.5, 0.6) is 0 Å². The van der Waals surface area contributed by atoms with Crippen LogP contribution in [-0.4, -0.2) is 27.5 Å². The van der Waals surface area contributed by atoms with Crippen molar-refractivity contribution in [3.05, 3.63) is 36.2 Å². The molecule has 0 aliphatic carbocycles. The van der Waals surface area contributed by atoms with Crippen LogP contribution >= 0.6 is 11.6 Å². The van der Waals surface area contributed by atoms with Crippen LogP contribution in [0.3, 0.4) is 0 Å². The smallest absolute Gasteiger partial charge is 0.276 e. The van der Waals surface area contributed by atoms with Crippen molar-refractivity contribution < 1.29 is 9.59 Å². The van der Waals surface area contributed by atoms with E-state index in [1.807, 2.05) is 13.8 Å². The zero-order chi connectivity index (χ0) is 15.9. The molecule has 22 heavy (non-hydrogen) atoms. The number of anilines is 3. The van der Waals surface area contributed by atoms with E-state index in [0.29, 0.717) is 22.8 Å². The molecule has 0 spiro atoms. The van der Waals surface area contributed by atoms with Gasteiger partial charge in [0.1, 0.15) is 11.6 Å². The van der Waals surface area contributed by atoms with Crippen LogP contribution in [0, 0.1) is 0 Å². The Morgan fingerprint density at radius 2 is 2.05 bits per heavy atom. The largest absolute Gasteiger partial charge is 0.319 e. The fourth-order valence-electron chi connectivity index (χ4n) is 2.54. The molecule has 1 aromatic carbocycles. The van der Waals surface area contributed by atoms with Gasteiger partial charge < -0.3 is 5.32 Å². The van der Waals surface area contributed by atoms with E-state index in [1.54, 1.807) is 28.9 Å². The summed E-state index contributed by atoms with van der Waals surface area (Å²) in [5, 5.41) is 7.08. The fraction of sp³-hybridized carbons (Fsp3) is 0.267. The second kappa shape index (κ2) is 5.46. The molecule has 1 aromatic heterocycles. The number of amides is 2. The molecule has 6 nitrogen and oxygen atoms in total. The maximum Gasteiger partial charge on any atom is 0.276 e. The van der Waals surface area contributed by atoms with Crippen LogP contribution in [0.2, 0.25) is 0 Å². The minimum atomic E-state index is -0.310. The van der Waals surface area contributed by atoms with Gasteiger partial charge in [-0.3, -0.25) is 19.2 Å². The number of carbonyl (C=O) groups excluding carboxylic acids is 2. The van der Waals surface area contributed by atoms with Gasteiger partial charge in [-0.25, -0.2) is 0 Å². The SMILES string of the molecule is CC(C)n1ncc2c1C(=O)Nc1ccccc1N2C(=O)CCl. The minimum absolute atomic E-state index is 0.0105. The molecule has 0 radical (unpaired) electrons. The number of para-hydroxylation sites is 2. The minimum Gasteiger partial charge on any atom is -0.319 e. The molecule has 2 aromatic rings. The van der Waals surface area contributed by atoms with Crippen molar-refractivity contribution in [3.63, 3.8) is 0 Å². The van der Waals surface area contributed by atoms with E-state index >= 15 is 0 Å². The number of nitrogens with zero attached hydrogens (tertiary/aromatic N) is 3. The Labute approximate surface area is 132 Å². The Hall–Kier alpha value is -2.34. The van der Waals surface area contributed by atoms with Gasteiger partial charge in [-0.2, -0.15) is 5.10 Å². The first-order valence-corrected chi connectivity index (χ1v) is 7.45. The van der Waals surface area contributed by atoms with Crippen molar-refractivity contribution >= 4 is 40.5 Å². The number of aromatic nitrogens is 2. The van der Waals surface area contributed by atoms with Gasteiger partial charge in [0.2, 0.25) is 5.91 Å². The van der Waals surface area contributed by atoms with Crippen molar-refractivity contribution in [1.29, 1.82) is 0 Å². The molecule has 0 unspecified atom stereocenters. The van der Waals surface area contributed by atoms with Gasteiger partial charge in [0.15, 0.2) is 5.69 Å². The van der Waals surface area contributed by atoms with Gasteiger partial charge >= 0.3 is 0 Å². The number of hydrogen-bond donors (Lipinski definition) is 1. The first-order valence-electron chi connectivity index (χ1n) is 6.91. The van der Waals surface area contributed by atoms with Crippen molar-refractivity contribution in [2.75, 3.05) is 16.1 Å². The molecule has 1 aliphatic rings. The zero-order valence-electron chi connectivity index (χ0n) is 12.2. The number of hydrogen-bond acceptors (Lipinski definition) is 3. The number of alkyl halides is 1. The summed E-state index contributed by atoms with van der Waals surface area (Å²) in [6, 6.07) is 7.11. The lowest BCUT2D eigenvalue weighted by Crippen LogP contribution is -2.27. The molecule has 2 amide bonds. The highest BCUT2D eigenvalue weighted by Crippen LogP contribution is 2.38. The Morgan fingerprint density at radius 1 is 1.32 bits per heavy atom. The average Bonchev–Trinajstić information content (AvgIpc) is 2.89. The predicted octanol–water partition coefficient (Wildman–Crippen LogP) is 2.93. The number of fused-ring (bicyclic) bond motifs is 2. The molecule has 0 fully saturated rings. The van der Waals surface area contributed by atoms with E-state index in [2.05, 4.69) is 10.4 Å². The monoisotopic (exact) mass is 318 g/mol. The molecule has 1 aliphatic heterocycles. The van der Waals surface area contributed by atoms with Gasteiger partial charge in [0.25, 0.3) is 5.91 Å². The van der Waals surface area contributed by atoms with E-state index in [4.69, 9.17) is 11.6 Å². The predicted molar refractivity (Wildman–Crippen MR) is 84.9 cm³/mol. The average molecular weight is 319 g/mol. The first kappa shape index (κ1) is 14.6. The molecule has 0 bridgehead atoms. The third-order valence-corrected chi connectivity index (χ3v) is 3.71. The fourth-order valence-corrected chi connectivity index (χ4v) is 2.66. The van der Waals surface area contributed by atoms with Crippen LogP contribution < -0.4 is 10.2 Å². The summed E-state index contributed by atoms with van der Waals surface area (Å²) in [6.45, 7) is 3.85. The van der Waals surface area contributed by atoms with E-state index in [9.17, 15) is 9.59 Å². The van der Waals surface area contributed by atoms with Crippen LogP contribution in [-0.2, 0) is 4.79 Å².